The van der Waals surface area contributed by atoms with Crippen molar-refractivity contribution in [1.29, 1.82) is 0 Å². The van der Waals surface area contributed by atoms with Crippen molar-refractivity contribution in [1.82, 2.24) is 14.3 Å². The molecule has 0 aliphatic carbocycles. The number of nitrogens with zero attached hydrogens (tertiary/aromatic N) is 3. The van der Waals surface area contributed by atoms with E-state index in [-0.39, 0.29) is 11.0 Å². The van der Waals surface area contributed by atoms with Crippen LogP contribution in [0.4, 0.5) is 0 Å². The number of halogens is 1. The van der Waals surface area contributed by atoms with E-state index in [1.807, 2.05) is 0 Å². The summed E-state index contributed by atoms with van der Waals surface area (Å²) in [6, 6.07) is 6.98. The second kappa shape index (κ2) is 7.04. The largest absolute Gasteiger partial charge is 0.460 e. The molecule has 0 unspecified atom stereocenters. The zero-order chi connectivity index (χ0) is 17.2. The Morgan fingerprint density at radius 3 is 2.50 bits per heavy atom. The van der Waals surface area contributed by atoms with Crippen molar-refractivity contribution in [2.75, 3.05) is 13.1 Å². The minimum Gasteiger partial charge on any atom is -0.460 e. The first-order valence-corrected chi connectivity index (χ1v) is 9.49. The van der Waals surface area contributed by atoms with E-state index < -0.39 is 10.0 Å². The van der Waals surface area contributed by atoms with Crippen LogP contribution in [0, 0.1) is 6.92 Å². The van der Waals surface area contributed by atoms with Gasteiger partial charge in [0.15, 0.2) is 0 Å². The third kappa shape index (κ3) is 3.53. The van der Waals surface area contributed by atoms with E-state index in [0.717, 1.165) is 0 Å². The molecule has 128 valence electrons. The number of hydrogen-bond donors (Lipinski definition) is 0. The highest BCUT2D eigenvalue weighted by atomic mass is 35.5. The highest BCUT2D eigenvalue weighted by Crippen LogP contribution is 2.28. The van der Waals surface area contributed by atoms with Gasteiger partial charge in [-0.15, -0.1) is 0 Å². The Kier molecular flexibility index (Phi) is 5.03. The van der Waals surface area contributed by atoms with Gasteiger partial charge in [0.1, 0.15) is 6.10 Å². The molecule has 0 atom stereocenters. The standard InChI is InChI=1S/C16H18ClN3O3S/c1-12-14(17)4-2-5-15(12)24(21,22)20-10-6-13(7-11-20)23-16-18-8-3-9-19-16/h2-5,8-9,13H,6-7,10-11H2,1H3. The van der Waals surface area contributed by atoms with Gasteiger partial charge in [-0.2, -0.15) is 4.31 Å². The van der Waals surface area contributed by atoms with Crippen LogP contribution in [0.2, 0.25) is 5.02 Å². The maximum atomic E-state index is 12.8. The molecule has 0 saturated carbocycles. The van der Waals surface area contributed by atoms with Crippen molar-refractivity contribution in [3.05, 3.63) is 47.2 Å². The minimum absolute atomic E-state index is 0.0840. The Hall–Kier alpha value is -1.70. The average Bonchev–Trinajstić information content (AvgIpc) is 2.58. The smallest absolute Gasteiger partial charge is 0.316 e. The Morgan fingerprint density at radius 2 is 1.83 bits per heavy atom. The van der Waals surface area contributed by atoms with Crippen LogP contribution in [0.15, 0.2) is 41.6 Å². The van der Waals surface area contributed by atoms with Crippen molar-refractivity contribution in [2.45, 2.75) is 30.8 Å². The van der Waals surface area contributed by atoms with Crippen LogP contribution in [0.25, 0.3) is 0 Å². The highest BCUT2D eigenvalue weighted by molar-refractivity contribution is 7.89. The second-order valence-electron chi connectivity index (χ2n) is 5.62. The minimum atomic E-state index is -3.55. The molecule has 1 fully saturated rings. The van der Waals surface area contributed by atoms with Gasteiger partial charge in [-0.3, -0.25) is 0 Å². The summed E-state index contributed by atoms with van der Waals surface area (Å²) in [5, 5.41) is 0.454. The van der Waals surface area contributed by atoms with Crippen LogP contribution in [-0.4, -0.2) is 41.9 Å². The van der Waals surface area contributed by atoms with Gasteiger partial charge in [0, 0.05) is 30.5 Å². The molecule has 0 spiro atoms. The van der Waals surface area contributed by atoms with Crippen LogP contribution in [-0.2, 0) is 10.0 Å². The molecule has 3 rings (SSSR count). The number of piperidine rings is 1. The molecule has 8 heteroatoms. The second-order valence-corrected chi connectivity index (χ2v) is 7.93. The van der Waals surface area contributed by atoms with E-state index in [2.05, 4.69) is 9.97 Å². The van der Waals surface area contributed by atoms with Crippen molar-refractivity contribution >= 4 is 21.6 Å². The topological polar surface area (TPSA) is 72.4 Å². The van der Waals surface area contributed by atoms with Gasteiger partial charge in [0.25, 0.3) is 0 Å². The van der Waals surface area contributed by atoms with E-state index in [1.54, 1.807) is 43.6 Å². The van der Waals surface area contributed by atoms with E-state index in [1.165, 1.54) is 4.31 Å². The molecule has 1 aromatic carbocycles. The van der Waals surface area contributed by atoms with Crippen LogP contribution >= 0.6 is 11.6 Å². The van der Waals surface area contributed by atoms with Crippen molar-refractivity contribution in [2.24, 2.45) is 0 Å². The predicted octanol–water partition coefficient (Wildman–Crippen LogP) is 2.67. The van der Waals surface area contributed by atoms with Gasteiger partial charge >= 0.3 is 6.01 Å². The maximum absolute atomic E-state index is 12.8. The lowest BCUT2D eigenvalue weighted by Gasteiger charge is -2.31. The molecule has 1 saturated heterocycles. The van der Waals surface area contributed by atoms with Gasteiger partial charge in [0.05, 0.1) is 4.90 Å². The third-order valence-electron chi connectivity index (χ3n) is 4.05. The molecule has 1 aliphatic heterocycles. The van der Waals surface area contributed by atoms with Crippen LogP contribution in [0.1, 0.15) is 18.4 Å². The summed E-state index contributed by atoms with van der Waals surface area (Å²) in [5.74, 6) is 0. The summed E-state index contributed by atoms with van der Waals surface area (Å²) in [6.45, 7) is 2.51. The molecule has 2 heterocycles. The molecule has 6 nitrogen and oxygen atoms in total. The number of aromatic nitrogens is 2. The fourth-order valence-corrected chi connectivity index (χ4v) is 4.64. The number of sulfonamides is 1. The van der Waals surface area contributed by atoms with Crippen molar-refractivity contribution in [3.8, 4) is 6.01 Å². The molecule has 0 bridgehead atoms. The molecular weight excluding hydrogens is 350 g/mol. The molecule has 0 amide bonds. The van der Waals surface area contributed by atoms with Crippen LogP contribution in [0.5, 0.6) is 6.01 Å². The van der Waals surface area contributed by atoms with E-state index >= 15 is 0 Å². The van der Waals surface area contributed by atoms with E-state index in [4.69, 9.17) is 16.3 Å². The molecule has 1 aromatic heterocycles. The normalized spacial score (nSPS) is 16.9. The molecular formula is C16H18ClN3O3S. The quantitative estimate of drug-likeness (QED) is 0.830. The van der Waals surface area contributed by atoms with Crippen molar-refractivity contribution < 1.29 is 13.2 Å². The summed E-state index contributed by atoms with van der Waals surface area (Å²) < 4.78 is 32.8. The molecule has 0 N–H and O–H groups in total. The average molecular weight is 368 g/mol. The number of benzene rings is 1. The Bertz CT molecular complexity index is 807. The Balaban J connectivity index is 1.69. The van der Waals surface area contributed by atoms with Gasteiger partial charge in [-0.05, 0) is 43.5 Å². The lowest BCUT2D eigenvalue weighted by molar-refractivity contribution is 0.124. The zero-order valence-electron chi connectivity index (χ0n) is 13.2. The summed E-state index contributed by atoms with van der Waals surface area (Å²) in [6.07, 6.45) is 4.33. The number of ether oxygens (including phenoxy) is 1. The number of rotatable bonds is 4. The number of hydrogen-bond acceptors (Lipinski definition) is 5. The van der Waals surface area contributed by atoms with Gasteiger partial charge < -0.3 is 4.74 Å². The Morgan fingerprint density at radius 1 is 1.17 bits per heavy atom. The Labute approximate surface area is 146 Å². The molecule has 0 radical (unpaired) electrons. The monoisotopic (exact) mass is 367 g/mol. The van der Waals surface area contributed by atoms with Crippen molar-refractivity contribution in [3.63, 3.8) is 0 Å². The fourth-order valence-electron chi connectivity index (χ4n) is 2.69. The summed E-state index contributed by atoms with van der Waals surface area (Å²) in [7, 11) is -3.55. The summed E-state index contributed by atoms with van der Waals surface area (Å²) in [5.41, 5.74) is 0.579. The molecule has 1 aliphatic rings. The SMILES string of the molecule is Cc1c(Cl)cccc1S(=O)(=O)N1CCC(Oc2ncccn2)CC1. The maximum Gasteiger partial charge on any atom is 0.316 e. The van der Waals surface area contributed by atoms with Crippen LogP contribution in [0.3, 0.4) is 0 Å². The third-order valence-corrected chi connectivity index (χ3v) is 6.50. The first-order valence-electron chi connectivity index (χ1n) is 7.67. The summed E-state index contributed by atoms with van der Waals surface area (Å²) in [4.78, 5) is 8.32. The van der Waals surface area contributed by atoms with E-state index in [9.17, 15) is 8.42 Å². The first-order chi connectivity index (χ1) is 11.5. The molecule has 24 heavy (non-hydrogen) atoms. The van der Waals surface area contributed by atoms with Crippen LogP contribution < -0.4 is 4.74 Å². The lowest BCUT2D eigenvalue weighted by atomic mass is 10.1. The van der Waals surface area contributed by atoms with Gasteiger partial charge in [0.2, 0.25) is 10.0 Å². The van der Waals surface area contributed by atoms with Gasteiger partial charge in [-0.25, -0.2) is 18.4 Å². The summed E-state index contributed by atoms with van der Waals surface area (Å²) >= 11 is 6.06. The van der Waals surface area contributed by atoms with E-state index in [0.29, 0.717) is 42.5 Å². The lowest BCUT2D eigenvalue weighted by Crippen LogP contribution is -2.42. The fraction of sp³-hybridized carbons (Fsp3) is 0.375. The highest BCUT2D eigenvalue weighted by Gasteiger charge is 2.31. The van der Waals surface area contributed by atoms with Gasteiger partial charge in [-0.1, -0.05) is 17.7 Å². The first kappa shape index (κ1) is 17.1. The zero-order valence-corrected chi connectivity index (χ0v) is 14.8. The molecule has 2 aromatic rings. The predicted molar refractivity (Wildman–Crippen MR) is 90.6 cm³/mol.